The summed E-state index contributed by atoms with van der Waals surface area (Å²) in [5.41, 5.74) is -3.05. The molecule has 0 unspecified atom stereocenters. The topological polar surface area (TPSA) is 90.3 Å². The van der Waals surface area contributed by atoms with Crippen LogP contribution in [-0.4, -0.2) is 54.6 Å². The lowest BCUT2D eigenvalue weighted by Gasteiger charge is -2.36. The van der Waals surface area contributed by atoms with E-state index in [9.17, 15) is 20.0 Å². The highest BCUT2D eigenvalue weighted by Crippen LogP contribution is 2.41. The predicted octanol–water partition coefficient (Wildman–Crippen LogP) is 2.43. The van der Waals surface area contributed by atoms with Gasteiger partial charge in [0, 0.05) is 0 Å². The number of carbonyl (C=O) groups is 2. The van der Waals surface area contributed by atoms with Crippen molar-refractivity contribution in [3.63, 3.8) is 0 Å². The van der Waals surface area contributed by atoms with Crippen LogP contribution in [0.25, 0.3) is 0 Å². The average Bonchev–Trinajstić information content (AvgIpc) is 2.73. The molecule has 140 valence electrons. The van der Waals surface area contributed by atoms with Crippen molar-refractivity contribution in [3.8, 4) is 0 Å². The van der Waals surface area contributed by atoms with Gasteiger partial charge in [0.1, 0.15) is 0 Å². The van der Waals surface area contributed by atoms with Crippen molar-refractivity contribution < 1.29 is 24.7 Å². The zero-order valence-corrected chi connectivity index (χ0v) is 16.2. The fourth-order valence-corrected chi connectivity index (χ4v) is 3.66. The maximum absolute atomic E-state index is 12.6. The molecular formula is C18H28N2O5. The third-order valence-corrected chi connectivity index (χ3v) is 5.09. The Morgan fingerprint density at radius 2 is 1.04 bits per heavy atom. The fourth-order valence-electron chi connectivity index (χ4n) is 3.66. The highest BCUT2D eigenvalue weighted by molar-refractivity contribution is 6.04. The summed E-state index contributed by atoms with van der Waals surface area (Å²) in [5.74, 6) is -1.60. The van der Waals surface area contributed by atoms with Crippen molar-refractivity contribution in [1.82, 2.24) is 10.1 Å². The molecule has 0 aromatic rings. The van der Waals surface area contributed by atoms with Crippen molar-refractivity contribution in [2.75, 3.05) is 0 Å². The summed E-state index contributed by atoms with van der Waals surface area (Å²) in [6.07, 6.45) is 3.19. The van der Waals surface area contributed by atoms with Crippen LogP contribution in [-0.2, 0) is 14.3 Å². The van der Waals surface area contributed by atoms with E-state index in [1.807, 2.05) is 0 Å². The quantitative estimate of drug-likeness (QED) is 0.582. The van der Waals surface area contributed by atoms with E-state index in [0.29, 0.717) is 0 Å². The minimum absolute atomic E-state index is 0.213. The molecule has 0 aliphatic carbocycles. The Kier molecular flexibility index (Phi) is 4.33. The van der Waals surface area contributed by atoms with Crippen LogP contribution in [0.3, 0.4) is 0 Å². The molecule has 0 aromatic carbocycles. The van der Waals surface area contributed by atoms with Gasteiger partial charge >= 0.3 is 11.9 Å². The minimum atomic E-state index is -0.983. The van der Waals surface area contributed by atoms with Crippen molar-refractivity contribution in [2.24, 2.45) is 0 Å². The third-order valence-electron chi connectivity index (χ3n) is 5.09. The van der Waals surface area contributed by atoms with E-state index < -0.39 is 34.1 Å². The maximum atomic E-state index is 12.6. The lowest BCUT2D eigenvalue weighted by Crippen LogP contribution is -2.49. The zero-order valence-electron chi connectivity index (χ0n) is 16.2. The van der Waals surface area contributed by atoms with E-state index in [4.69, 9.17) is 4.74 Å². The second kappa shape index (κ2) is 5.48. The molecule has 0 saturated carbocycles. The lowest BCUT2D eigenvalue weighted by molar-refractivity contribution is -0.190. The molecule has 0 amide bonds. The van der Waals surface area contributed by atoms with Gasteiger partial charge in [-0.2, -0.15) is 10.1 Å². The first-order valence-corrected chi connectivity index (χ1v) is 8.27. The molecule has 7 heteroatoms. The van der Waals surface area contributed by atoms with Gasteiger partial charge in [-0.1, -0.05) is 12.2 Å². The Morgan fingerprint density at radius 3 is 1.24 bits per heavy atom. The van der Waals surface area contributed by atoms with Gasteiger partial charge < -0.3 is 15.2 Å². The molecule has 0 radical (unpaired) electrons. The smallest absolute Gasteiger partial charge is 0.343 e. The monoisotopic (exact) mass is 352 g/mol. The number of esters is 2. The first kappa shape index (κ1) is 19.8. The Bertz CT molecular complexity index is 628. The number of nitrogens with zero attached hydrogens (tertiary/aromatic N) is 2. The van der Waals surface area contributed by atoms with Gasteiger partial charge in [0.05, 0.1) is 33.3 Å². The summed E-state index contributed by atoms with van der Waals surface area (Å²) in [7, 11) is 0. The summed E-state index contributed by atoms with van der Waals surface area (Å²) >= 11 is 0. The first-order valence-electron chi connectivity index (χ1n) is 8.27. The molecule has 7 nitrogen and oxygen atoms in total. The number of ether oxygens (including phenoxy) is 1. The molecule has 2 rings (SSSR count). The summed E-state index contributed by atoms with van der Waals surface area (Å²) < 4.78 is 5.08. The molecular weight excluding hydrogens is 324 g/mol. The van der Waals surface area contributed by atoms with Crippen molar-refractivity contribution >= 4 is 11.9 Å². The van der Waals surface area contributed by atoms with Gasteiger partial charge in [-0.3, -0.25) is 0 Å². The van der Waals surface area contributed by atoms with Gasteiger partial charge in [-0.25, -0.2) is 9.59 Å². The number of hydroxylamine groups is 4. The van der Waals surface area contributed by atoms with Crippen molar-refractivity contribution in [1.29, 1.82) is 0 Å². The first-order chi connectivity index (χ1) is 11.0. The molecule has 0 aromatic heterocycles. The molecule has 2 heterocycles. The predicted molar refractivity (Wildman–Crippen MR) is 90.8 cm³/mol. The van der Waals surface area contributed by atoms with E-state index in [1.165, 1.54) is 0 Å². The Labute approximate surface area is 148 Å². The van der Waals surface area contributed by atoms with Crippen molar-refractivity contribution in [2.45, 2.75) is 77.5 Å². The highest BCUT2D eigenvalue weighted by Gasteiger charge is 2.51. The SMILES string of the molecule is CC1(C)C=C(C(=O)OC(=O)C2=CC(C)(C)N(O)C2(C)C)C(C)(C)N1O. The molecule has 0 bridgehead atoms. The van der Waals surface area contributed by atoms with Gasteiger partial charge in [-0.05, 0) is 55.4 Å². The number of hydrogen-bond donors (Lipinski definition) is 2. The maximum Gasteiger partial charge on any atom is 0.343 e. The molecule has 25 heavy (non-hydrogen) atoms. The second-order valence-corrected chi connectivity index (χ2v) is 8.84. The van der Waals surface area contributed by atoms with E-state index in [-0.39, 0.29) is 11.1 Å². The Morgan fingerprint density at radius 1 is 0.760 bits per heavy atom. The van der Waals surface area contributed by atoms with E-state index >= 15 is 0 Å². The van der Waals surface area contributed by atoms with Crippen LogP contribution in [0.5, 0.6) is 0 Å². The second-order valence-electron chi connectivity index (χ2n) is 8.84. The third kappa shape index (κ3) is 2.95. The minimum Gasteiger partial charge on any atom is -0.386 e. The molecule has 0 fully saturated rings. The van der Waals surface area contributed by atoms with Crippen molar-refractivity contribution in [3.05, 3.63) is 23.3 Å². The number of carbonyl (C=O) groups excluding carboxylic acids is 2. The summed E-state index contributed by atoms with van der Waals surface area (Å²) in [6, 6.07) is 0. The standard InChI is InChI=1S/C18H28N2O5/c1-15(2)9-11(17(5,6)19(15)23)13(21)25-14(22)12-10-16(3,4)20(24)18(12,7)8/h9-10,23-24H,1-8H3. The normalized spacial score (nSPS) is 27.0. The van der Waals surface area contributed by atoms with Crippen LogP contribution in [0.2, 0.25) is 0 Å². The number of hydrogen-bond acceptors (Lipinski definition) is 7. The fraction of sp³-hybridized carbons (Fsp3) is 0.667. The molecule has 2 N–H and O–H groups in total. The Balaban J connectivity index is 2.27. The summed E-state index contributed by atoms with van der Waals surface area (Å²) in [5, 5.41) is 22.7. The van der Waals surface area contributed by atoms with Crippen LogP contribution < -0.4 is 0 Å². The number of rotatable bonds is 2. The van der Waals surface area contributed by atoms with Gasteiger partial charge in [0.15, 0.2) is 0 Å². The molecule has 0 spiro atoms. The van der Waals surface area contributed by atoms with Gasteiger partial charge in [0.25, 0.3) is 0 Å². The molecule has 2 aliphatic rings. The van der Waals surface area contributed by atoms with Gasteiger partial charge in [-0.15, -0.1) is 0 Å². The van der Waals surface area contributed by atoms with E-state index in [2.05, 4.69) is 0 Å². The van der Waals surface area contributed by atoms with E-state index in [1.54, 1.807) is 67.5 Å². The molecule has 0 saturated heterocycles. The lowest BCUT2D eigenvalue weighted by atomic mass is 9.95. The molecule has 0 atom stereocenters. The van der Waals surface area contributed by atoms with Crippen LogP contribution in [0.1, 0.15) is 55.4 Å². The van der Waals surface area contributed by atoms with Crippen LogP contribution in [0.4, 0.5) is 0 Å². The molecule has 2 aliphatic heterocycles. The zero-order chi connectivity index (χ0) is 19.6. The van der Waals surface area contributed by atoms with Crippen LogP contribution >= 0.6 is 0 Å². The van der Waals surface area contributed by atoms with E-state index in [0.717, 1.165) is 10.1 Å². The average molecular weight is 352 g/mol. The largest absolute Gasteiger partial charge is 0.386 e. The highest BCUT2D eigenvalue weighted by atomic mass is 16.6. The van der Waals surface area contributed by atoms with Crippen LogP contribution in [0, 0.1) is 0 Å². The van der Waals surface area contributed by atoms with Gasteiger partial charge in [0.2, 0.25) is 0 Å². The summed E-state index contributed by atoms with van der Waals surface area (Å²) in [4.78, 5) is 25.1. The van der Waals surface area contributed by atoms with Crippen LogP contribution in [0.15, 0.2) is 23.3 Å². The Hall–Kier alpha value is -1.54. The summed E-state index contributed by atoms with van der Waals surface area (Å²) in [6.45, 7) is 13.7.